The molecule has 1 N–H and O–H groups in total. The van der Waals surface area contributed by atoms with E-state index in [0.29, 0.717) is 48.5 Å². The zero-order chi connectivity index (χ0) is 37.2. The van der Waals surface area contributed by atoms with E-state index < -0.39 is 29.2 Å². The number of carbonyl (C=O) groups is 1. The monoisotopic (exact) mass is 723 g/mol. The van der Waals surface area contributed by atoms with Crippen LogP contribution in [0.1, 0.15) is 49.3 Å². The highest BCUT2D eigenvalue weighted by Crippen LogP contribution is 2.48. The summed E-state index contributed by atoms with van der Waals surface area (Å²) in [6.07, 6.45) is 0.691. The van der Waals surface area contributed by atoms with Gasteiger partial charge < -0.3 is 28.6 Å². The van der Waals surface area contributed by atoms with Crippen LogP contribution in [-0.4, -0.2) is 77.2 Å². The molecule has 0 radical (unpaired) electrons. The summed E-state index contributed by atoms with van der Waals surface area (Å²) in [7, 11) is 2.94. The van der Waals surface area contributed by atoms with E-state index in [1.54, 1.807) is 42.2 Å². The van der Waals surface area contributed by atoms with Gasteiger partial charge in [0.25, 0.3) is 5.69 Å². The zero-order valence-electron chi connectivity index (χ0n) is 29.0. The molecule has 276 valence electrons. The standard InChI is InChI=1S/C38H40F3N3O8/c1-4-51-35(45)15-10-25-16-33(49-2)36(34(17-25)50-3)52-29-18-26-11-12-27(19-29)43(26)23-37(46,38(39,40)41)31-22-42(21-24-8-6-5-7-9-24)32-20-28(44(47)48)13-14-30(31)32/h5-10,13-17,20,22,26-27,29,46H,4,11-12,18-19,21,23H2,1-3H3/b15-10+/t26-,27+,29-,37?. The van der Waals surface area contributed by atoms with Crippen molar-refractivity contribution in [3.63, 3.8) is 0 Å². The molecular formula is C38H40F3N3O8. The number of carbonyl (C=O) groups excluding carboxylic acids is 1. The second-order valence-electron chi connectivity index (χ2n) is 13.1. The zero-order valence-corrected chi connectivity index (χ0v) is 29.0. The summed E-state index contributed by atoms with van der Waals surface area (Å²) in [5.41, 5.74) is -2.30. The molecule has 0 amide bonds. The van der Waals surface area contributed by atoms with Crippen molar-refractivity contribution in [1.82, 2.24) is 9.47 Å². The molecule has 6 rings (SSSR count). The number of non-ortho nitro benzene ring substituents is 1. The van der Waals surface area contributed by atoms with E-state index >= 15 is 13.2 Å². The summed E-state index contributed by atoms with van der Waals surface area (Å²) in [6, 6.07) is 15.5. The Labute approximate surface area is 298 Å². The van der Waals surface area contributed by atoms with Gasteiger partial charge in [-0.15, -0.1) is 0 Å². The van der Waals surface area contributed by atoms with Gasteiger partial charge >= 0.3 is 12.1 Å². The Bertz CT molecular complexity index is 1930. The Balaban J connectivity index is 1.27. The molecular weight excluding hydrogens is 683 g/mol. The van der Waals surface area contributed by atoms with E-state index in [1.807, 2.05) is 18.2 Å². The first kappa shape index (κ1) is 36.7. The lowest BCUT2D eigenvalue weighted by molar-refractivity contribution is -0.384. The van der Waals surface area contributed by atoms with E-state index in [2.05, 4.69) is 0 Å². The van der Waals surface area contributed by atoms with Gasteiger partial charge in [0, 0.05) is 60.5 Å². The van der Waals surface area contributed by atoms with Crippen molar-refractivity contribution in [2.75, 3.05) is 27.4 Å². The van der Waals surface area contributed by atoms with E-state index in [-0.39, 0.29) is 53.5 Å². The van der Waals surface area contributed by atoms with Crippen LogP contribution in [0.4, 0.5) is 18.9 Å². The van der Waals surface area contributed by atoms with Crippen molar-refractivity contribution >= 4 is 28.6 Å². The summed E-state index contributed by atoms with van der Waals surface area (Å²) in [4.78, 5) is 24.6. The molecule has 2 saturated heterocycles. The van der Waals surface area contributed by atoms with Crippen LogP contribution in [0.25, 0.3) is 17.0 Å². The summed E-state index contributed by atoms with van der Waals surface area (Å²) in [5, 5.41) is 23.6. The van der Waals surface area contributed by atoms with Gasteiger partial charge in [-0.2, -0.15) is 13.2 Å². The number of nitrogens with zero attached hydrogens (tertiary/aromatic N) is 3. The number of hydrogen-bond donors (Lipinski definition) is 1. The molecule has 14 heteroatoms. The minimum Gasteiger partial charge on any atom is -0.493 e. The number of benzene rings is 3. The molecule has 1 unspecified atom stereocenters. The molecule has 1 aromatic heterocycles. The first-order valence-electron chi connectivity index (χ1n) is 17.0. The lowest BCUT2D eigenvalue weighted by atomic mass is 9.89. The van der Waals surface area contributed by atoms with E-state index in [9.17, 15) is 20.0 Å². The summed E-state index contributed by atoms with van der Waals surface area (Å²) in [6.45, 7) is 1.39. The number of esters is 1. The van der Waals surface area contributed by atoms with E-state index in [0.717, 1.165) is 11.6 Å². The number of piperidine rings is 1. The van der Waals surface area contributed by atoms with Crippen LogP contribution >= 0.6 is 0 Å². The predicted octanol–water partition coefficient (Wildman–Crippen LogP) is 7.02. The van der Waals surface area contributed by atoms with Crippen LogP contribution in [0.5, 0.6) is 17.2 Å². The molecule has 0 aliphatic carbocycles. The maximum atomic E-state index is 15.2. The lowest BCUT2D eigenvalue weighted by Crippen LogP contribution is -2.56. The summed E-state index contributed by atoms with van der Waals surface area (Å²) in [5.74, 6) is 0.554. The Morgan fingerprint density at radius 2 is 1.67 bits per heavy atom. The number of nitro benzene ring substituents is 1. The van der Waals surface area contributed by atoms with Gasteiger partial charge in [0.2, 0.25) is 11.4 Å². The Kier molecular flexibility index (Phi) is 10.5. The summed E-state index contributed by atoms with van der Waals surface area (Å²) < 4.78 is 69.8. The average Bonchev–Trinajstić information content (AvgIpc) is 3.58. The number of ether oxygens (including phenoxy) is 4. The van der Waals surface area contributed by atoms with E-state index in [4.69, 9.17) is 18.9 Å². The van der Waals surface area contributed by atoms with Crippen LogP contribution in [0.3, 0.4) is 0 Å². The first-order chi connectivity index (χ1) is 24.8. The number of methoxy groups -OCH3 is 2. The highest BCUT2D eigenvalue weighted by molar-refractivity contribution is 5.88. The number of hydrogen-bond acceptors (Lipinski definition) is 9. The third-order valence-electron chi connectivity index (χ3n) is 9.91. The van der Waals surface area contributed by atoms with Gasteiger partial charge in [-0.1, -0.05) is 30.3 Å². The van der Waals surface area contributed by atoms with Crippen molar-refractivity contribution in [3.8, 4) is 17.2 Å². The topological polar surface area (TPSA) is 126 Å². The minimum atomic E-state index is -5.07. The van der Waals surface area contributed by atoms with Crippen molar-refractivity contribution in [2.24, 2.45) is 0 Å². The maximum absolute atomic E-state index is 15.2. The van der Waals surface area contributed by atoms with Gasteiger partial charge in [-0.3, -0.25) is 15.0 Å². The smallest absolute Gasteiger partial charge is 0.422 e. The molecule has 3 heterocycles. The Morgan fingerprint density at radius 1 is 1.02 bits per heavy atom. The number of aliphatic hydroxyl groups is 1. The fourth-order valence-corrected chi connectivity index (χ4v) is 7.44. The quantitative estimate of drug-likeness (QED) is 0.0671. The van der Waals surface area contributed by atoms with Gasteiger partial charge in [0.15, 0.2) is 11.5 Å². The Hall–Kier alpha value is -5.08. The Morgan fingerprint density at radius 3 is 2.25 bits per heavy atom. The molecule has 11 nitrogen and oxygen atoms in total. The van der Waals surface area contributed by atoms with Gasteiger partial charge in [-0.05, 0) is 68.0 Å². The molecule has 2 fully saturated rings. The SMILES string of the molecule is CCOC(=O)/C=C/c1cc(OC)c(O[C@@H]2C[C@H]3CC[C@@H](C2)N3CC(O)(c2cn(Cc3ccccc3)c3cc([N+](=O)[O-])ccc23)C(F)(F)F)c(OC)c1. The van der Waals surface area contributed by atoms with Crippen LogP contribution < -0.4 is 14.2 Å². The highest BCUT2D eigenvalue weighted by Gasteiger charge is 2.59. The number of alkyl halides is 3. The molecule has 0 spiro atoms. The fourth-order valence-electron chi connectivity index (χ4n) is 7.44. The second kappa shape index (κ2) is 14.9. The number of fused-ring (bicyclic) bond motifs is 3. The van der Waals surface area contributed by atoms with Crippen molar-refractivity contribution in [1.29, 1.82) is 0 Å². The van der Waals surface area contributed by atoms with Crippen molar-refractivity contribution in [3.05, 3.63) is 99.7 Å². The minimum absolute atomic E-state index is 0.0895. The number of rotatable bonds is 13. The third-order valence-corrected chi connectivity index (χ3v) is 9.91. The predicted molar refractivity (Wildman–Crippen MR) is 186 cm³/mol. The van der Waals surface area contributed by atoms with E-state index in [1.165, 1.54) is 43.2 Å². The van der Waals surface area contributed by atoms with Crippen LogP contribution in [0.15, 0.2) is 72.9 Å². The fraction of sp³-hybridized carbons (Fsp3) is 0.395. The maximum Gasteiger partial charge on any atom is 0.422 e. The number of halogens is 3. The molecule has 4 atom stereocenters. The molecule has 2 aliphatic rings. The molecule has 0 saturated carbocycles. The lowest BCUT2D eigenvalue weighted by Gasteiger charge is -2.43. The van der Waals surface area contributed by atoms with Crippen molar-refractivity contribution < 1.29 is 46.9 Å². The normalized spacial score (nSPS) is 20.2. The van der Waals surface area contributed by atoms with Crippen molar-refractivity contribution in [2.45, 2.75) is 69.1 Å². The average molecular weight is 724 g/mol. The number of aromatic nitrogens is 1. The van der Waals surface area contributed by atoms with Gasteiger partial charge in [0.1, 0.15) is 6.10 Å². The first-order valence-corrected chi connectivity index (χ1v) is 17.0. The molecule has 2 bridgehead atoms. The van der Waals surface area contributed by atoms with Crippen LogP contribution in [0, 0.1) is 10.1 Å². The number of nitro groups is 1. The molecule has 2 aliphatic heterocycles. The largest absolute Gasteiger partial charge is 0.493 e. The van der Waals surface area contributed by atoms with Crippen LogP contribution in [-0.2, 0) is 21.7 Å². The third kappa shape index (κ3) is 7.30. The molecule has 52 heavy (non-hydrogen) atoms. The van der Waals surface area contributed by atoms with Gasteiger partial charge in [-0.25, -0.2) is 4.79 Å². The summed E-state index contributed by atoms with van der Waals surface area (Å²) >= 11 is 0. The van der Waals surface area contributed by atoms with Crippen LogP contribution in [0.2, 0.25) is 0 Å². The molecule has 3 aromatic carbocycles. The molecule has 4 aromatic rings. The second-order valence-corrected chi connectivity index (χ2v) is 13.1. The van der Waals surface area contributed by atoms with Gasteiger partial charge in [0.05, 0.1) is 31.3 Å². The highest BCUT2D eigenvalue weighted by atomic mass is 19.4.